The Morgan fingerprint density at radius 3 is 1.76 bits per heavy atom. The summed E-state index contributed by atoms with van der Waals surface area (Å²) in [6, 6.07) is 16.9. The maximum atomic E-state index is 3.92. The first-order valence-corrected chi connectivity index (χ1v) is 7.98. The average molecular weight is 310 g/mol. The van der Waals surface area contributed by atoms with Crippen LogP contribution in [0.15, 0.2) is 73.3 Å². The molecule has 0 aliphatic carbocycles. The molecule has 0 aliphatic heterocycles. The summed E-state index contributed by atoms with van der Waals surface area (Å²) in [7, 11) is 5.41. The van der Waals surface area contributed by atoms with Gasteiger partial charge in [-0.1, -0.05) is 73.3 Å². The molecule has 0 aromatic heterocycles. The molecule has 0 N–H and O–H groups in total. The zero-order chi connectivity index (χ0) is 15.2. The third kappa shape index (κ3) is 4.50. The molecule has 2 aromatic rings. The minimum absolute atomic E-state index is 1.13. The Hall–Kier alpha value is -1.48. The van der Waals surface area contributed by atoms with Crippen LogP contribution in [-0.4, -0.2) is 0 Å². The van der Waals surface area contributed by atoms with Crippen LogP contribution in [-0.2, 0) is 0 Å². The first-order chi connectivity index (χ1) is 10.1. The minimum atomic E-state index is 1.13. The van der Waals surface area contributed by atoms with Crippen molar-refractivity contribution in [3.63, 3.8) is 0 Å². The normalized spacial score (nSPS) is 12.3. The molecule has 0 fully saturated rings. The van der Waals surface area contributed by atoms with Gasteiger partial charge in [0.25, 0.3) is 0 Å². The van der Waals surface area contributed by atoms with Crippen LogP contribution < -0.4 is 10.6 Å². The van der Waals surface area contributed by atoms with Gasteiger partial charge in [-0.3, -0.25) is 0 Å². The van der Waals surface area contributed by atoms with Gasteiger partial charge in [-0.05, 0) is 39.8 Å². The fraction of sp³-hybridized carbons (Fsp3) is 0.0526. The predicted molar refractivity (Wildman–Crippen MR) is 103 cm³/mol. The fourth-order valence-electron chi connectivity index (χ4n) is 2.01. The van der Waals surface area contributed by atoms with Gasteiger partial charge >= 0.3 is 0 Å². The Balaban J connectivity index is 2.27. The van der Waals surface area contributed by atoms with E-state index in [0.717, 1.165) is 5.57 Å². The summed E-state index contributed by atoms with van der Waals surface area (Å²) in [6.45, 7) is 6.04. The Labute approximate surface area is 132 Å². The number of rotatable bonds is 4. The fourth-order valence-corrected chi connectivity index (χ4v) is 2.40. The molecule has 21 heavy (non-hydrogen) atoms. The second-order valence-electron chi connectivity index (χ2n) is 4.92. The summed E-state index contributed by atoms with van der Waals surface area (Å²) in [5.41, 5.74) is 4.78. The molecule has 2 unspecified atom stereocenters. The summed E-state index contributed by atoms with van der Waals surface area (Å²) >= 11 is 0. The van der Waals surface area contributed by atoms with Gasteiger partial charge in [0.15, 0.2) is 0 Å². The Kier molecular flexibility index (Phi) is 5.68. The number of hydrogen-bond donors (Lipinski definition) is 0. The summed E-state index contributed by atoms with van der Waals surface area (Å²) in [5.74, 6) is 0. The molecule has 2 rings (SSSR count). The van der Waals surface area contributed by atoms with E-state index in [4.69, 9.17) is 0 Å². The van der Waals surface area contributed by atoms with E-state index in [1.165, 1.54) is 27.3 Å². The highest BCUT2D eigenvalue weighted by molar-refractivity contribution is 7.27. The molecule has 0 radical (unpaired) electrons. The molecule has 0 spiro atoms. The maximum absolute atomic E-state index is 3.92. The smallest absolute Gasteiger partial charge is 0.0184 e. The standard InChI is InChI=1S/C19H20P2/c1-3-15(17-8-12-19(21)13-9-17)5-4-14(2)16-6-10-18(20)11-7-16/h3-13H,1,20-21H2,2H3/b14-4+,15-5+. The lowest BCUT2D eigenvalue weighted by Crippen LogP contribution is -1.90. The average Bonchev–Trinajstić information content (AvgIpc) is 2.50. The number of benzene rings is 2. The molecule has 0 bridgehead atoms. The maximum Gasteiger partial charge on any atom is -0.0184 e. The van der Waals surface area contributed by atoms with Crippen molar-refractivity contribution in [3.8, 4) is 0 Å². The molecule has 0 aliphatic rings. The van der Waals surface area contributed by atoms with Crippen LogP contribution in [0.1, 0.15) is 18.1 Å². The van der Waals surface area contributed by atoms with E-state index >= 15 is 0 Å². The Morgan fingerprint density at radius 1 is 0.810 bits per heavy atom. The van der Waals surface area contributed by atoms with Crippen LogP contribution >= 0.6 is 18.5 Å². The van der Waals surface area contributed by atoms with Crippen molar-refractivity contribution in [2.24, 2.45) is 0 Å². The van der Waals surface area contributed by atoms with Gasteiger partial charge in [0, 0.05) is 0 Å². The zero-order valence-electron chi connectivity index (χ0n) is 12.2. The second-order valence-corrected chi connectivity index (χ2v) is 6.25. The summed E-state index contributed by atoms with van der Waals surface area (Å²) in [6.07, 6.45) is 6.16. The third-order valence-corrected chi connectivity index (χ3v) is 4.11. The first-order valence-electron chi connectivity index (χ1n) is 6.83. The lowest BCUT2D eigenvalue weighted by molar-refractivity contribution is 1.58. The lowest BCUT2D eigenvalue weighted by atomic mass is 10.0. The molecular weight excluding hydrogens is 290 g/mol. The van der Waals surface area contributed by atoms with Gasteiger partial charge in [0.2, 0.25) is 0 Å². The van der Waals surface area contributed by atoms with Gasteiger partial charge in [-0.15, -0.1) is 18.5 Å². The highest BCUT2D eigenvalue weighted by atomic mass is 31.0. The molecule has 0 heterocycles. The van der Waals surface area contributed by atoms with Gasteiger partial charge < -0.3 is 0 Å². The lowest BCUT2D eigenvalue weighted by Gasteiger charge is -2.04. The largest absolute Gasteiger partial charge is 0.106 e. The molecule has 2 heteroatoms. The Morgan fingerprint density at radius 2 is 1.29 bits per heavy atom. The molecule has 0 amide bonds. The van der Waals surface area contributed by atoms with Crippen LogP contribution in [0.25, 0.3) is 11.1 Å². The summed E-state index contributed by atoms with van der Waals surface area (Å²) < 4.78 is 0. The van der Waals surface area contributed by atoms with Crippen molar-refractivity contribution < 1.29 is 0 Å². The van der Waals surface area contributed by atoms with Crippen LogP contribution in [0.5, 0.6) is 0 Å². The van der Waals surface area contributed by atoms with E-state index in [1.807, 2.05) is 6.08 Å². The van der Waals surface area contributed by atoms with Crippen molar-refractivity contribution >= 4 is 40.2 Å². The molecule has 0 saturated carbocycles. The van der Waals surface area contributed by atoms with Crippen LogP contribution in [0.2, 0.25) is 0 Å². The van der Waals surface area contributed by atoms with Crippen LogP contribution in [0, 0.1) is 0 Å². The quantitative estimate of drug-likeness (QED) is 0.581. The highest BCUT2D eigenvalue weighted by Gasteiger charge is 1.97. The number of hydrogen-bond acceptors (Lipinski definition) is 0. The second kappa shape index (κ2) is 7.51. The Bertz CT molecular complexity index is 675. The molecule has 106 valence electrons. The van der Waals surface area contributed by atoms with Crippen LogP contribution in [0.4, 0.5) is 0 Å². The van der Waals surface area contributed by atoms with E-state index in [0.29, 0.717) is 0 Å². The molecule has 2 aromatic carbocycles. The van der Waals surface area contributed by atoms with Crippen molar-refractivity contribution in [3.05, 3.63) is 84.5 Å². The van der Waals surface area contributed by atoms with Crippen molar-refractivity contribution in [1.82, 2.24) is 0 Å². The summed E-state index contributed by atoms with van der Waals surface area (Å²) in [5, 5.41) is 2.39. The van der Waals surface area contributed by atoms with E-state index < -0.39 is 0 Å². The van der Waals surface area contributed by atoms with Gasteiger partial charge in [-0.2, -0.15) is 0 Å². The number of allylic oxidation sites excluding steroid dienone is 5. The van der Waals surface area contributed by atoms with E-state index in [1.54, 1.807) is 0 Å². The van der Waals surface area contributed by atoms with Crippen LogP contribution in [0.3, 0.4) is 0 Å². The van der Waals surface area contributed by atoms with Gasteiger partial charge in [-0.25, -0.2) is 0 Å². The summed E-state index contributed by atoms with van der Waals surface area (Å²) in [4.78, 5) is 0. The predicted octanol–water partition coefficient (Wildman–Crippen LogP) is 4.36. The topological polar surface area (TPSA) is 0 Å². The van der Waals surface area contributed by atoms with Gasteiger partial charge in [0.05, 0.1) is 0 Å². The third-order valence-electron chi connectivity index (χ3n) is 3.34. The molecular formula is C19H20P2. The van der Waals surface area contributed by atoms with Crippen molar-refractivity contribution in [2.75, 3.05) is 0 Å². The highest BCUT2D eigenvalue weighted by Crippen LogP contribution is 2.18. The molecule has 2 atom stereocenters. The van der Waals surface area contributed by atoms with Crippen molar-refractivity contribution in [1.29, 1.82) is 0 Å². The molecule has 0 saturated heterocycles. The molecule has 0 nitrogen and oxygen atoms in total. The van der Waals surface area contributed by atoms with Crippen molar-refractivity contribution in [2.45, 2.75) is 6.92 Å². The zero-order valence-corrected chi connectivity index (χ0v) is 14.5. The minimum Gasteiger partial charge on any atom is -0.106 e. The van der Waals surface area contributed by atoms with E-state index in [9.17, 15) is 0 Å². The van der Waals surface area contributed by atoms with E-state index in [-0.39, 0.29) is 0 Å². The monoisotopic (exact) mass is 310 g/mol. The van der Waals surface area contributed by atoms with Gasteiger partial charge in [0.1, 0.15) is 0 Å². The first kappa shape index (κ1) is 15.9. The van der Waals surface area contributed by atoms with E-state index in [2.05, 4.69) is 92.7 Å². The SMILES string of the molecule is C=C/C(=C\C=C(/C)c1ccc(P)cc1)c1ccc(P)cc1.